The van der Waals surface area contributed by atoms with Crippen molar-refractivity contribution in [3.05, 3.63) is 89.2 Å². The van der Waals surface area contributed by atoms with Gasteiger partial charge in [0.2, 0.25) is 0 Å². The Balaban J connectivity index is 1.73. The summed E-state index contributed by atoms with van der Waals surface area (Å²) in [6.45, 7) is 5.67. The molecule has 0 saturated heterocycles. The van der Waals surface area contributed by atoms with Crippen molar-refractivity contribution < 1.29 is 5.11 Å². The number of aromatic amines is 1. The van der Waals surface area contributed by atoms with Crippen molar-refractivity contribution in [1.29, 1.82) is 0 Å². The average Bonchev–Trinajstić information content (AvgIpc) is 3.08. The number of aromatic nitrogens is 2. The van der Waals surface area contributed by atoms with Crippen LogP contribution in [-0.2, 0) is 5.60 Å². The van der Waals surface area contributed by atoms with E-state index in [9.17, 15) is 5.11 Å². The van der Waals surface area contributed by atoms with Crippen LogP contribution in [0.4, 0.5) is 0 Å². The normalized spacial score (nSPS) is 11.3. The van der Waals surface area contributed by atoms with Crippen molar-refractivity contribution in [3.63, 3.8) is 0 Å². The largest absolute Gasteiger partial charge is 0.386 e. The van der Waals surface area contributed by atoms with E-state index >= 15 is 0 Å². The van der Waals surface area contributed by atoms with Gasteiger partial charge in [0.15, 0.2) is 5.82 Å². The third-order valence-electron chi connectivity index (χ3n) is 4.72. The molecule has 0 aliphatic rings. The summed E-state index contributed by atoms with van der Waals surface area (Å²) >= 11 is 0. The SMILES string of the molecule is Cc1cccc(C#Cc2nc3ccc(-c4ccccc4C(C)(C)O)cc3[nH]2)c1. The monoisotopic (exact) mass is 366 g/mol. The first-order valence-electron chi connectivity index (χ1n) is 9.31. The fraction of sp³-hybridized carbons (Fsp3) is 0.160. The number of benzene rings is 3. The number of hydrogen-bond acceptors (Lipinski definition) is 2. The molecular weight excluding hydrogens is 344 g/mol. The second kappa shape index (κ2) is 6.99. The van der Waals surface area contributed by atoms with E-state index in [0.29, 0.717) is 5.82 Å². The number of hydrogen-bond donors (Lipinski definition) is 2. The van der Waals surface area contributed by atoms with E-state index in [0.717, 1.165) is 33.3 Å². The average molecular weight is 366 g/mol. The highest BCUT2D eigenvalue weighted by Gasteiger charge is 2.20. The Hall–Kier alpha value is -3.35. The predicted octanol–water partition coefficient (Wildman–Crippen LogP) is 5.17. The molecule has 0 aliphatic carbocycles. The quantitative estimate of drug-likeness (QED) is 0.481. The van der Waals surface area contributed by atoms with Crippen LogP contribution in [0.2, 0.25) is 0 Å². The second-order valence-electron chi connectivity index (χ2n) is 7.54. The van der Waals surface area contributed by atoms with Gasteiger partial charge >= 0.3 is 0 Å². The molecular formula is C25H22N2O. The van der Waals surface area contributed by atoms with E-state index in [4.69, 9.17) is 0 Å². The van der Waals surface area contributed by atoms with E-state index in [-0.39, 0.29) is 0 Å². The zero-order valence-corrected chi connectivity index (χ0v) is 16.2. The molecule has 0 spiro atoms. The molecule has 0 saturated carbocycles. The highest BCUT2D eigenvalue weighted by atomic mass is 16.3. The molecule has 0 amide bonds. The fourth-order valence-electron chi connectivity index (χ4n) is 3.36. The Bertz CT molecular complexity index is 1220. The van der Waals surface area contributed by atoms with Crippen molar-refractivity contribution >= 4 is 11.0 Å². The molecule has 3 aromatic carbocycles. The van der Waals surface area contributed by atoms with Gasteiger partial charge in [-0.05, 0) is 73.2 Å². The van der Waals surface area contributed by atoms with Crippen molar-refractivity contribution in [2.45, 2.75) is 26.4 Å². The summed E-state index contributed by atoms with van der Waals surface area (Å²) in [5.41, 5.74) is 5.99. The van der Waals surface area contributed by atoms with Gasteiger partial charge in [0.25, 0.3) is 0 Å². The lowest BCUT2D eigenvalue weighted by Crippen LogP contribution is -2.16. The molecule has 3 heteroatoms. The van der Waals surface area contributed by atoms with Gasteiger partial charge in [0.1, 0.15) is 0 Å². The Morgan fingerprint density at radius 1 is 0.929 bits per heavy atom. The third-order valence-corrected chi connectivity index (χ3v) is 4.72. The summed E-state index contributed by atoms with van der Waals surface area (Å²) in [7, 11) is 0. The fourth-order valence-corrected chi connectivity index (χ4v) is 3.36. The number of H-pyrrole nitrogens is 1. The minimum Gasteiger partial charge on any atom is -0.386 e. The molecule has 0 aliphatic heterocycles. The smallest absolute Gasteiger partial charge is 0.184 e. The highest BCUT2D eigenvalue weighted by molar-refractivity contribution is 5.83. The number of nitrogens with one attached hydrogen (secondary N) is 1. The van der Waals surface area contributed by atoms with Gasteiger partial charge in [-0.2, -0.15) is 0 Å². The lowest BCUT2D eigenvalue weighted by Gasteiger charge is -2.21. The van der Waals surface area contributed by atoms with Crippen LogP contribution in [0.25, 0.3) is 22.2 Å². The zero-order valence-electron chi connectivity index (χ0n) is 16.2. The third kappa shape index (κ3) is 3.69. The first kappa shape index (κ1) is 18.0. The van der Waals surface area contributed by atoms with Crippen LogP contribution in [0.15, 0.2) is 66.7 Å². The lowest BCUT2D eigenvalue weighted by molar-refractivity contribution is 0.0792. The molecule has 1 heterocycles. The maximum atomic E-state index is 10.5. The number of aryl methyl sites for hydroxylation is 1. The molecule has 0 unspecified atom stereocenters. The summed E-state index contributed by atoms with van der Waals surface area (Å²) < 4.78 is 0. The highest BCUT2D eigenvalue weighted by Crippen LogP contribution is 2.32. The van der Waals surface area contributed by atoms with Crippen LogP contribution >= 0.6 is 0 Å². The summed E-state index contributed by atoms with van der Waals surface area (Å²) in [5, 5.41) is 10.5. The van der Waals surface area contributed by atoms with E-state index in [1.165, 1.54) is 5.56 Å². The summed E-state index contributed by atoms with van der Waals surface area (Å²) in [5.74, 6) is 6.92. The standard InChI is InChI=1S/C25H22N2O/c1-17-7-6-8-18(15-17)11-14-24-26-22-13-12-19(16-23(22)27-24)20-9-4-5-10-21(20)25(2,3)28/h4-10,12-13,15-16,28H,1-3H3,(H,26,27). The molecule has 0 fully saturated rings. The van der Waals surface area contributed by atoms with Crippen LogP contribution in [0, 0.1) is 18.8 Å². The maximum Gasteiger partial charge on any atom is 0.184 e. The van der Waals surface area contributed by atoms with Crippen molar-refractivity contribution in [1.82, 2.24) is 9.97 Å². The Morgan fingerprint density at radius 3 is 2.54 bits per heavy atom. The van der Waals surface area contributed by atoms with Crippen molar-refractivity contribution in [2.24, 2.45) is 0 Å². The molecule has 4 rings (SSSR count). The van der Waals surface area contributed by atoms with Gasteiger partial charge in [0, 0.05) is 5.56 Å². The first-order valence-corrected chi connectivity index (χ1v) is 9.31. The minimum absolute atomic E-state index is 0.643. The van der Waals surface area contributed by atoms with Crippen LogP contribution in [-0.4, -0.2) is 15.1 Å². The first-order chi connectivity index (χ1) is 13.4. The van der Waals surface area contributed by atoms with Crippen LogP contribution in [0.3, 0.4) is 0 Å². The molecule has 0 atom stereocenters. The number of imidazole rings is 1. The van der Waals surface area contributed by atoms with Gasteiger partial charge in [-0.15, -0.1) is 0 Å². The maximum absolute atomic E-state index is 10.5. The van der Waals surface area contributed by atoms with Gasteiger partial charge in [-0.25, -0.2) is 4.98 Å². The predicted molar refractivity (Wildman–Crippen MR) is 114 cm³/mol. The molecule has 3 nitrogen and oxygen atoms in total. The van der Waals surface area contributed by atoms with E-state index in [2.05, 4.69) is 46.9 Å². The zero-order chi connectivity index (χ0) is 19.7. The molecule has 2 N–H and O–H groups in total. The molecule has 0 bridgehead atoms. The minimum atomic E-state index is -0.913. The molecule has 0 radical (unpaired) electrons. The van der Waals surface area contributed by atoms with Crippen molar-refractivity contribution in [3.8, 4) is 23.0 Å². The number of nitrogens with zero attached hydrogens (tertiary/aromatic N) is 1. The molecule has 4 aromatic rings. The van der Waals surface area contributed by atoms with Crippen LogP contribution < -0.4 is 0 Å². The second-order valence-corrected chi connectivity index (χ2v) is 7.54. The van der Waals surface area contributed by atoms with Crippen LogP contribution in [0.1, 0.15) is 36.4 Å². The Kier molecular flexibility index (Phi) is 4.50. The van der Waals surface area contributed by atoms with E-state index in [1.54, 1.807) is 13.8 Å². The molecule has 1 aromatic heterocycles. The summed E-state index contributed by atoms with van der Waals surface area (Å²) in [6, 6.07) is 22.1. The van der Waals surface area contributed by atoms with Crippen LogP contribution in [0.5, 0.6) is 0 Å². The number of fused-ring (bicyclic) bond motifs is 1. The topological polar surface area (TPSA) is 48.9 Å². The van der Waals surface area contributed by atoms with Gasteiger partial charge in [-0.1, -0.05) is 48.4 Å². The van der Waals surface area contributed by atoms with Gasteiger partial charge in [0.05, 0.1) is 16.6 Å². The van der Waals surface area contributed by atoms with Crippen molar-refractivity contribution in [2.75, 3.05) is 0 Å². The number of rotatable bonds is 2. The Morgan fingerprint density at radius 2 is 1.75 bits per heavy atom. The molecule has 28 heavy (non-hydrogen) atoms. The lowest BCUT2D eigenvalue weighted by atomic mass is 9.89. The van der Waals surface area contributed by atoms with Gasteiger partial charge in [-0.3, -0.25) is 0 Å². The Labute approximate surface area is 165 Å². The summed E-state index contributed by atoms with van der Waals surface area (Å²) in [6.07, 6.45) is 0. The van der Waals surface area contributed by atoms with E-state index < -0.39 is 5.60 Å². The molecule has 138 valence electrons. The number of aliphatic hydroxyl groups is 1. The van der Waals surface area contributed by atoms with Gasteiger partial charge < -0.3 is 10.1 Å². The van der Waals surface area contributed by atoms with E-state index in [1.807, 2.05) is 48.5 Å². The summed E-state index contributed by atoms with van der Waals surface area (Å²) in [4.78, 5) is 7.88.